The van der Waals surface area contributed by atoms with Gasteiger partial charge in [0, 0.05) is 0 Å². The van der Waals surface area contributed by atoms with Crippen LogP contribution in [0, 0.1) is 5.82 Å². The average Bonchev–Trinajstić information content (AvgIpc) is 2.15. The number of hydrogen-bond donors (Lipinski definition) is 2. The third-order valence-corrected chi connectivity index (χ3v) is 2.05. The number of carboxylic acids is 1. The van der Waals surface area contributed by atoms with Crippen LogP contribution in [-0.4, -0.2) is 16.2 Å². The van der Waals surface area contributed by atoms with Gasteiger partial charge in [-0.25, -0.2) is 4.39 Å². The van der Waals surface area contributed by atoms with Gasteiger partial charge in [-0.1, -0.05) is 6.07 Å². The lowest BCUT2D eigenvalue weighted by molar-refractivity contribution is -0.140. The molecule has 2 N–H and O–H groups in total. The molecular formula is C10H8F4O3. The van der Waals surface area contributed by atoms with Crippen LogP contribution in [0.25, 0.3) is 0 Å². The van der Waals surface area contributed by atoms with E-state index in [0.717, 1.165) is 6.07 Å². The smallest absolute Gasteiger partial charge is 0.419 e. The van der Waals surface area contributed by atoms with Crippen LogP contribution in [0.1, 0.15) is 23.7 Å². The second kappa shape index (κ2) is 4.70. The minimum Gasteiger partial charge on any atom is -0.481 e. The maximum Gasteiger partial charge on any atom is 0.419 e. The zero-order chi connectivity index (χ0) is 13.2. The molecule has 0 aromatic heterocycles. The Morgan fingerprint density at radius 2 is 1.94 bits per heavy atom. The molecule has 3 nitrogen and oxygen atoms in total. The zero-order valence-corrected chi connectivity index (χ0v) is 8.33. The average molecular weight is 252 g/mol. The number of carboxylic acid groups (broad SMARTS) is 1. The number of aliphatic hydroxyl groups excluding tert-OH is 1. The Kier molecular flexibility index (Phi) is 3.72. The number of aliphatic carboxylic acids is 1. The minimum atomic E-state index is -4.89. The van der Waals surface area contributed by atoms with Gasteiger partial charge in [0.15, 0.2) is 0 Å². The molecule has 0 aliphatic rings. The van der Waals surface area contributed by atoms with Crippen LogP contribution in [0.2, 0.25) is 0 Å². The molecule has 0 fully saturated rings. The fourth-order valence-electron chi connectivity index (χ4n) is 1.25. The lowest BCUT2D eigenvalue weighted by Crippen LogP contribution is -2.11. The highest BCUT2D eigenvalue weighted by Gasteiger charge is 2.34. The number of halogens is 4. The predicted octanol–water partition coefficient (Wildman–Crippen LogP) is 2.35. The van der Waals surface area contributed by atoms with Crippen molar-refractivity contribution in [2.75, 3.05) is 0 Å². The van der Waals surface area contributed by atoms with Crippen molar-refractivity contribution in [1.29, 1.82) is 0 Å². The third kappa shape index (κ3) is 3.42. The van der Waals surface area contributed by atoms with Crippen LogP contribution in [-0.2, 0) is 11.0 Å². The number of alkyl halides is 3. The van der Waals surface area contributed by atoms with Crippen molar-refractivity contribution >= 4 is 5.97 Å². The maximum atomic E-state index is 12.9. The summed E-state index contributed by atoms with van der Waals surface area (Å²) in [5, 5.41) is 17.7. The van der Waals surface area contributed by atoms with Gasteiger partial charge in [-0.15, -0.1) is 0 Å². The Morgan fingerprint density at radius 3 is 2.41 bits per heavy atom. The molecule has 0 radical (unpaired) electrons. The monoisotopic (exact) mass is 252 g/mol. The highest BCUT2D eigenvalue weighted by Crippen LogP contribution is 2.33. The molecule has 1 aromatic rings. The SMILES string of the molecule is O=C(O)C[C@@H](O)c1ccc(F)c(C(F)(F)F)c1. The van der Waals surface area contributed by atoms with Gasteiger partial charge in [0.05, 0.1) is 18.1 Å². The molecule has 0 unspecified atom stereocenters. The van der Waals surface area contributed by atoms with Gasteiger partial charge in [-0.3, -0.25) is 4.79 Å². The Hall–Kier alpha value is -1.63. The van der Waals surface area contributed by atoms with Crippen molar-refractivity contribution in [2.45, 2.75) is 18.7 Å². The lowest BCUT2D eigenvalue weighted by atomic mass is 10.0. The van der Waals surface area contributed by atoms with Crippen LogP contribution in [0.5, 0.6) is 0 Å². The Labute approximate surface area is 93.3 Å². The van der Waals surface area contributed by atoms with Crippen LogP contribution in [0.15, 0.2) is 18.2 Å². The molecule has 7 heteroatoms. The molecule has 0 aliphatic heterocycles. The molecule has 94 valence electrons. The van der Waals surface area contributed by atoms with Crippen LogP contribution < -0.4 is 0 Å². The van der Waals surface area contributed by atoms with E-state index in [0.29, 0.717) is 12.1 Å². The number of rotatable bonds is 3. The molecule has 0 aliphatic carbocycles. The van der Waals surface area contributed by atoms with Crippen molar-refractivity contribution < 1.29 is 32.6 Å². The minimum absolute atomic E-state index is 0.291. The van der Waals surface area contributed by atoms with Gasteiger partial charge in [-0.05, 0) is 17.7 Å². The van der Waals surface area contributed by atoms with Crippen LogP contribution >= 0.6 is 0 Å². The molecule has 0 amide bonds. The summed E-state index contributed by atoms with van der Waals surface area (Å²) in [6.45, 7) is 0. The van der Waals surface area contributed by atoms with Gasteiger partial charge in [-0.2, -0.15) is 13.2 Å². The first-order valence-electron chi connectivity index (χ1n) is 4.48. The Balaban J connectivity index is 3.08. The fourth-order valence-corrected chi connectivity index (χ4v) is 1.25. The lowest BCUT2D eigenvalue weighted by Gasteiger charge is -2.12. The van der Waals surface area contributed by atoms with Crippen LogP contribution in [0.3, 0.4) is 0 Å². The summed E-state index contributed by atoms with van der Waals surface area (Å²) in [6, 6.07) is 1.87. The first-order valence-corrected chi connectivity index (χ1v) is 4.48. The first-order chi connectivity index (χ1) is 7.71. The van der Waals surface area contributed by atoms with Gasteiger partial charge in [0.25, 0.3) is 0 Å². The molecule has 17 heavy (non-hydrogen) atoms. The maximum absolute atomic E-state index is 12.9. The first kappa shape index (κ1) is 13.4. The standard InChI is InChI=1S/C10H8F4O3/c11-7-2-1-5(8(15)4-9(16)17)3-6(7)10(12,13)14/h1-3,8,15H,4H2,(H,16,17)/t8-/m1/s1. The Morgan fingerprint density at radius 1 is 1.35 bits per heavy atom. The molecule has 1 rings (SSSR count). The number of aliphatic hydroxyl groups is 1. The normalized spacial score (nSPS) is 13.5. The van der Waals surface area contributed by atoms with Gasteiger partial charge in [0.2, 0.25) is 0 Å². The van der Waals surface area contributed by atoms with E-state index in [2.05, 4.69) is 0 Å². The quantitative estimate of drug-likeness (QED) is 0.812. The highest BCUT2D eigenvalue weighted by atomic mass is 19.4. The van der Waals surface area contributed by atoms with Crippen molar-refractivity contribution in [3.05, 3.63) is 35.1 Å². The molecule has 0 bridgehead atoms. The summed E-state index contributed by atoms with van der Waals surface area (Å²) in [6.07, 6.45) is -7.24. The van der Waals surface area contributed by atoms with E-state index in [4.69, 9.17) is 5.11 Å². The van der Waals surface area contributed by atoms with Crippen LogP contribution in [0.4, 0.5) is 17.6 Å². The van der Waals surface area contributed by atoms with E-state index in [1.807, 2.05) is 0 Å². The van der Waals surface area contributed by atoms with Crippen molar-refractivity contribution in [2.24, 2.45) is 0 Å². The topological polar surface area (TPSA) is 57.5 Å². The number of benzene rings is 1. The van der Waals surface area contributed by atoms with E-state index in [1.165, 1.54) is 0 Å². The highest BCUT2D eigenvalue weighted by molar-refractivity contribution is 5.67. The molecule has 1 atom stereocenters. The number of hydrogen-bond acceptors (Lipinski definition) is 2. The van der Waals surface area contributed by atoms with E-state index in [9.17, 15) is 27.5 Å². The van der Waals surface area contributed by atoms with E-state index < -0.39 is 36.1 Å². The van der Waals surface area contributed by atoms with Crippen molar-refractivity contribution in [3.8, 4) is 0 Å². The molecule has 0 saturated heterocycles. The summed E-state index contributed by atoms with van der Waals surface area (Å²) < 4.78 is 49.8. The molecular weight excluding hydrogens is 244 g/mol. The summed E-state index contributed by atoms with van der Waals surface area (Å²) in [7, 11) is 0. The van der Waals surface area contributed by atoms with E-state index >= 15 is 0 Å². The predicted molar refractivity (Wildman–Crippen MR) is 48.6 cm³/mol. The second-order valence-electron chi connectivity index (χ2n) is 3.35. The molecule has 0 spiro atoms. The summed E-state index contributed by atoms with van der Waals surface area (Å²) >= 11 is 0. The number of carbonyl (C=O) groups is 1. The van der Waals surface area contributed by atoms with Crippen molar-refractivity contribution in [1.82, 2.24) is 0 Å². The molecule has 0 saturated carbocycles. The zero-order valence-electron chi connectivity index (χ0n) is 8.33. The summed E-state index contributed by atoms with van der Waals surface area (Å²) in [5.74, 6) is -2.83. The van der Waals surface area contributed by atoms with Gasteiger partial charge < -0.3 is 10.2 Å². The van der Waals surface area contributed by atoms with E-state index in [1.54, 1.807) is 0 Å². The largest absolute Gasteiger partial charge is 0.481 e. The Bertz CT molecular complexity index is 428. The summed E-state index contributed by atoms with van der Waals surface area (Å²) in [4.78, 5) is 10.3. The second-order valence-corrected chi connectivity index (χ2v) is 3.35. The van der Waals surface area contributed by atoms with Gasteiger partial charge in [0.1, 0.15) is 5.82 Å². The molecule has 0 heterocycles. The van der Waals surface area contributed by atoms with Crippen molar-refractivity contribution in [3.63, 3.8) is 0 Å². The van der Waals surface area contributed by atoms with Gasteiger partial charge >= 0.3 is 12.1 Å². The fraction of sp³-hybridized carbons (Fsp3) is 0.300. The summed E-state index contributed by atoms with van der Waals surface area (Å²) in [5.41, 5.74) is -1.82. The third-order valence-electron chi connectivity index (χ3n) is 2.05. The molecule has 1 aromatic carbocycles. The van der Waals surface area contributed by atoms with E-state index in [-0.39, 0.29) is 5.56 Å².